The zero-order chi connectivity index (χ0) is 13.2. The first-order chi connectivity index (χ1) is 7.79. The van der Waals surface area contributed by atoms with E-state index in [1.165, 1.54) is 12.1 Å². The van der Waals surface area contributed by atoms with Crippen LogP contribution in [0.15, 0.2) is 12.1 Å². The molecule has 0 bridgehead atoms. The van der Waals surface area contributed by atoms with Crippen molar-refractivity contribution in [2.45, 2.75) is 20.0 Å². The predicted molar refractivity (Wildman–Crippen MR) is 65.3 cm³/mol. The molecule has 0 saturated heterocycles. The molecule has 0 radical (unpaired) electrons. The largest absolute Gasteiger partial charge is 0.492 e. The Morgan fingerprint density at radius 1 is 1.41 bits per heavy atom. The fourth-order valence-electron chi connectivity index (χ4n) is 1.42. The summed E-state index contributed by atoms with van der Waals surface area (Å²) in [6.45, 7) is 2.81. The number of hydrogen-bond acceptors (Lipinski definition) is 2. The molecule has 0 fully saturated rings. The van der Waals surface area contributed by atoms with Gasteiger partial charge in [-0.25, -0.2) is 0 Å². The summed E-state index contributed by atoms with van der Waals surface area (Å²) in [6, 6.07) is 2.62. The zero-order valence-electron chi connectivity index (χ0n) is 9.19. The Bertz CT molecular complexity index is 441. The number of alkyl halides is 3. The molecule has 1 aromatic rings. The van der Waals surface area contributed by atoms with Gasteiger partial charge in [0, 0.05) is 5.56 Å². The van der Waals surface area contributed by atoms with Crippen LogP contribution in [0.1, 0.15) is 29.8 Å². The van der Waals surface area contributed by atoms with Crippen LogP contribution in [0, 0.1) is 3.57 Å². The van der Waals surface area contributed by atoms with E-state index in [4.69, 9.17) is 4.74 Å². The van der Waals surface area contributed by atoms with Gasteiger partial charge in [0.1, 0.15) is 11.3 Å². The second kappa shape index (κ2) is 5.24. The molecule has 0 aliphatic rings. The summed E-state index contributed by atoms with van der Waals surface area (Å²) in [5.41, 5.74) is -1.35. The van der Waals surface area contributed by atoms with Gasteiger partial charge in [-0.3, -0.25) is 4.79 Å². The Labute approximate surface area is 110 Å². The Hall–Kier alpha value is -0.790. The highest BCUT2D eigenvalue weighted by molar-refractivity contribution is 14.1. The van der Waals surface area contributed by atoms with E-state index in [9.17, 15) is 18.0 Å². The molecule has 0 spiro atoms. The number of Topliss-reactive ketones (excluding diaryl/α,β-unsaturated/α-hetero) is 1. The van der Waals surface area contributed by atoms with Gasteiger partial charge in [0.25, 0.3) is 0 Å². The molecule has 6 heteroatoms. The molecular formula is C11H10F3IO2. The lowest BCUT2D eigenvalue weighted by Crippen LogP contribution is -2.15. The molecule has 0 heterocycles. The molecule has 0 N–H and O–H groups in total. The van der Waals surface area contributed by atoms with Crippen molar-refractivity contribution < 1.29 is 22.7 Å². The molecule has 94 valence electrons. The Kier molecular flexibility index (Phi) is 4.40. The standard InChI is InChI=1S/C11H10F3IO2/c1-3-17-10-8(15)5-4-7(6(2)16)9(10)11(12,13)14/h4-5H,3H2,1-2H3. The second-order valence-corrected chi connectivity index (χ2v) is 4.45. The van der Waals surface area contributed by atoms with Gasteiger partial charge >= 0.3 is 6.18 Å². The van der Waals surface area contributed by atoms with E-state index in [2.05, 4.69) is 0 Å². The smallest absolute Gasteiger partial charge is 0.420 e. The average molecular weight is 358 g/mol. The van der Waals surface area contributed by atoms with Crippen LogP contribution >= 0.6 is 22.6 Å². The molecule has 0 saturated carbocycles. The summed E-state index contributed by atoms with van der Waals surface area (Å²) in [5.74, 6) is -0.900. The Morgan fingerprint density at radius 3 is 2.41 bits per heavy atom. The fourth-order valence-corrected chi connectivity index (χ4v) is 2.02. The van der Waals surface area contributed by atoms with Crippen molar-refractivity contribution >= 4 is 28.4 Å². The van der Waals surface area contributed by atoms with Crippen LogP contribution in [-0.2, 0) is 6.18 Å². The summed E-state index contributed by atoms with van der Waals surface area (Å²) in [6.07, 6.45) is -4.60. The van der Waals surface area contributed by atoms with Crippen LogP contribution in [0.3, 0.4) is 0 Å². The minimum atomic E-state index is -4.60. The summed E-state index contributed by atoms with van der Waals surface area (Å²) in [4.78, 5) is 11.2. The zero-order valence-corrected chi connectivity index (χ0v) is 11.3. The van der Waals surface area contributed by atoms with Crippen molar-refractivity contribution in [3.05, 3.63) is 26.8 Å². The first kappa shape index (κ1) is 14.3. The molecule has 0 unspecified atom stereocenters. The Morgan fingerprint density at radius 2 is 2.00 bits per heavy atom. The van der Waals surface area contributed by atoms with Gasteiger partial charge < -0.3 is 4.74 Å². The molecule has 2 nitrogen and oxygen atoms in total. The van der Waals surface area contributed by atoms with Crippen molar-refractivity contribution in [1.82, 2.24) is 0 Å². The highest BCUT2D eigenvalue weighted by Crippen LogP contribution is 2.41. The first-order valence-electron chi connectivity index (χ1n) is 4.82. The number of ether oxygens (including phenoxy) is 1. The molecule has 1 aromatic carbocycles. The van der Waals surface area contributed by atoms with Gasteiger partial charge in [-0.1, -0.05) is 0 Å². The summed E-state index contributed by atoms with van der Waals surface area (Å²) >= 11 is 1.75. The van der Waals surface area contributed by atoms with Crippen molar-refractivity contribution in [1.29, 1.82) is 0 Å². The van der Waals surface area contributed by atoms with Crippen molar-refractivity contribution in [2.75, 3.05) is 6.61 Å². The normalized spacial score (nSPS) is 11.4. The van der Waals surface area contributed by atoms with Gasteiger partial charge in [0.05, 0.1) is 10.2 Å². The highest BCUT2D eigenvalue weighted by atomic mass is 127. The van der Waals surface area contributed by atoms with Crippen molar-refractivity contribution in [2.24, 2.45) is 0 Å². The number of benzene rings is 1. The minimum Gasteiger partial charge on any atom is -0.492 e. The van der Waals surface area contributed by atoms with Crippen molar-refractivity contribution in [3.63, 3.8) is 0 Å². The van der Waals surface area contributed by atoms with Gasteiger partial charge in [-0.2, -0.15) is 13.2 Å². The third-order valence-electron chi connectivity index (χ3n) is 2.06. The number of rotatable bonds is 3. The van der Waals surface area contributed by atoms with E-state index in [1.54, 1.807) is 29.5 Å². The predicted octanol–water partition coefficient (Wildman–Crippen LogP) is 3.91. The van der Waals surface area contributed by atoms with Crippen molar-refractivity contribution in [3.8, 4) is 5.75 Å². The summed E-state index contributed by atoms with van der Waals surface area (Å²) in [5, 5.41) is 0. The number of carbonyl (C=O) groups excluding carboxylic acids is 1. The SMILES string of the molecule is CCOc1c(I)ccc(C(C)=O)c1C(F)(F)F. The van der Waals surface area contributed by atoms with Crippen LogP contribution in [0.2, 0.25) is 0 Å². The van der Waals surface area contributed by atoms with E-state index < -0.39 is 17.5 Å². The second-order valence-electron chi connectivity index (χ2n) is 3.29. The van der Waals surface area contributed by atoms with E-state index in [0.717, 1.165) is 6.92 Å². The van der Waals surface area contributed by atoms with Gasteiger partial charge in [-0.05, 0) is 48.6 Å². The van der Waals surface area contributed by atoms with Crippen LogP contribution < -0.4 is 4.74 Å². The van der Waals surface area contributed by atoms with Gasteiger partial charge in [0.15, 0.2) is 5.78 Å². The van der Waals surface area contributed by atoms with Gasteiger partial charge in [0.2, 0.25) is 0 Å². The number of hydrogen-bond donors (Lipinski definition) is 0. The van der Waals surface area contributed by atoms with Crippen LogP contribution in [-0.4, -0.2) is 12.4 Å². The molecule has 0 aromatic heterocycles. The summed E-state index contributed by atoms with van der Waals surface area (Å²) < 4.78 is 44.2. The minimum absolute atomic E-state index is 0.112. The molecule has 1 rings (SSSR count). The molecule has 0 aliphatic heterocycles. The number of ketones is 1. The quantitative estimate of drug-likeness (QED) is 0.605. The third-order valence-corrected chi connectivity index (χ3v) is 2.91. The fraction of sp³-hybridized carbons (Fsp3) is 0.364. The molecule has 0 aliphatic carbocycles. The third kappa shape index (κ3) is 3.11. The summed E-state index contributed by atoms with van der Waals surface area (Å²) in [7, 11) is 0. The van der Waals surface area contributed by atoms with E-state index in [1.807, 2.05) is 0 Å². The van der Waals surface area contributed by atoms with Crippen LogP contribution in [0.4, 0.5) is 13.2 Å². The maximum atomic E-state index is 12.9. The lowest BCUT2D eigenvalue weighted by atomic mass is 10.0. The maximum absolute atomic E-state index is 12.9. The van der Waals surface area contributed by atoms with E-state index in [0.29, 0.717) is 3.57 Å². The first-order valence-corrected chi connectivity index (χ1v) is 5.90. The Balaban J connectivity index is 3.56. The van der Waals surface area contributed by atoms with Crippen LogP contribution in [0.5, 0.6) is 5.75 Å². The number of carbonyl (C=O) groups is 1. The highest BCUT2D eigenvalue weighted by Gasteiger charge is 2.39. The topological polar surface area (TPSA) is 26.3 Å². The molecule has 0 amide bonds. The molecular weight excluding hydrogens is 348 g/mol. The maximum Gasteiger partial charge on any atom is 0.420 e. The van der Waals surface area contributed by atoms with E-state index in [-0.39, 0.29) is 17.9 Å². The number of halogens is 4. The lowest BCUT2D eigenvalue weighted by Gasteiger charge is -2.17. The van der Waals surface area contributed by atoms with Gasteiger partial charge in [-0.15, -0.1) is 0 Å². The molecule has 0 atom stereocenters. The van der Waals surface area contributed by atoms with E-state index >= 15 is 0 Å². The van der Waals surface area contributed by atoms with Crippen LogP contribution in [0.25, 0.3) is 0 Å². The lowest BCUT2D eigenvalue weighted by molar-refractivity contribution is -0.139. The monoisotopic (exact) mass is 358 g/mol. The molecule has 17 heavy (non-hydrogen) atoms. The average Bonchev–Trinajstić information content (AvgIpc) is 2.18.